The zero-order valence-corrected chi connectivity index (χ0v) is 9.63. The fraction of sp³-hybridized carbons (Fsp3) is 0. The number of oxime groups is 1. The fourth-order valence-corrected chi connectivity index (χ4v) is 1.95. The van der Waals surface area contributed by atoms with E-state index in [9.17, 15) is 0 Å². The van der Waals surface area contributed by atoms with Gasteiger partial charge in [-0.1, -0.05) is 29.1 Å². The van der Waals surface area contributed by atoms with Crippen molar-refractivity contribution in [3.8, 4) is 0 Å². The van der Waals surface area contributed by atoms with Gasteiger partial charge in [0.25, 0.3) is 0 Å². The summed E-state index contributed by atoms with van der Waals surface area (Å²) >= 11 is 1.50. The van der Waals surface area contributed by atoms with Crippen molar-refractivity contribution in [1.82, 2.24) is 9.97 Å². The summed E-state index contributed by atoms with van der Waals surface area (Å²) in [7, 11) is 0. The van der Waals surface area contributed by atoms with Gasteiger partial charge < -0.3 is 10.9 Å². The van der Waals surface area contributed by atoms with E-state index in [-0.39, 0.29) is 5.84 Å². The van der Waals surface area contributed by atoms with Gasteiger partial charge in [-0.25, -0.2) is 4.98 Å². The van der Waals surface area contributed by atoms with Gasteiger partial charge in [0.15, 0.2) is 5.84 Å². The number of aromatic nitrogens is 2. The van der Waals surface area contributed by atoms with Gasteiger partial charge in [-0.15, -0.1) is 0 Å². The standard InChI is InChI=1S/C11H10N4OS/c12-11(15-16)8-1-3-9(4-2-8)17-10-7-13-5-6-14-10/h1-7,16H,(H2,12,15). The summed E-state index contributed by atoms with van der Waals surface area (Å²) in [5.41, 5.74) is 6.14. The maximum Gasteiger partial charge on any atom is 0.170 e. The Labute approximate surface area is 102 Å². The molecule has 0 unspecified atom stereocenters. The SMILES string of the molecule is NC(=NO)c1ccc(Sc2cnccn2)cc1. The number of benzene rings is 1. The highest BCUT2D eigenvalue weighted by Gasteiger charge is 2.01. The molecule has 1 heterocycles. The first-order valence-corrected chi connectivity index (χ1v) is 5.63. The highest BCUT2D eigenvalue weighted by atomic mass is 32.2. The molecule has 2 rings (SSSR count). The maximum absolute atomic E-state index is 8.53. The second-order valence-corrected chi connectivity index (χ2v) is 4.25. The molecule has 0 bridgehead atoms. The minimum atomic E-state index is 0.0982. The van der Waals surface area contributed by atoms with Gasteiger partial charge in [0, 0.05) is 22.9 Å². The molecule has 0 saturated heterocycles. The van der Waals surface area contributed by atoms with Gasteiger partial charge in [-0.2, -0.15) is 0 Å². The van der Waals surface area contributed by atoms with E-state index in [4.69, 9.17) is 10.9 Å². The van der Waals surface area contributed by atoms with Gasteiger partial charge in [0.1, 0.15) is 5.03 Å². The molecule has 2 aromatic rings. The van der Waals surface area contributed by atoms with Gasteiger partial charge in [0.05, 0.1) is 6.20 Å². The van der Waals surface area contributed by atoms with E-state index in [1.807, 2.05) is 12.1 Å². The molecule has 6 heteroatoms. The predicted octanol–water partition coefficient (Wildman–Crippen LogP) is 1.72. The first-order chi connectivity index (χ1) is 8.29. The van der Waals surface area contributed by atoms with Crippen LogP contribution >= 0.6 is 11.8 Å². The first-order valence-electron chi connectivity index (χ1n) is 4.81. The van der Waals surface area contributed by atoms with E-state index in [0.717, 1.165) is 9.92 Å². The Kier molecular flexibility index (Phi) is 3.56. The van der Waals surface area contributed by atoms with Crippen molar-refractivity contribution in [3.05, 3.63) is 48.4 Å². The quantitative estimate of drug-likeness (QED) is 0.373. The minimum Gasteiger partial charge on any atom is -0.409 e. The van der Waals surface area contributed by atoms with Gasteiger partial charge in [-0.3, -0.25) is 4.98 Å². The number of amidine groups is 1. The normalized spacial score (nSPS) is 11.4. The number of rotatable bonds is 3. The number of hydrogen-bond acceptors (Lipinski definition) is 5. The molecule has 86 valence electrons. The van der Waals surface area contributed by atoms with Crippen LogP contribution in [0.15, 0.2) is 57.9 Å². The van der Waals surface area contributed by atoms with Crippen molar-refractivity contribution < 1.29 is 5.21 Å². The van der Waals surface area contributed by atoms with Gasteiger partial charge in [-0.05, 0) is 12.1 Å². The molecule has 0 aliphatic heterocycles. The molecule has 0 fully saturated rings. The summed E-state index contributed by atoms with van der Waals surface area (Å²) in [5, 5.41) is 12.3. The lowest BCUT2D eigenvalue weighted by Gasteiger charge is -2.02. The van der Waals surface area contributed by atoms with Crippen molar-refractivity contribution in [2.45, 2.75) is 9.92 Å². The molecular weight excluding hydrogens is 236 g/mol. The van der Waals surface area contributed by atoms with E-state index in [0.29, 0.717) is 5.56 Å². The molecule has 0 spiro atoms. The van der Waals surface area contributed by atoms with Crippen molar-refractivity contribution in [2.24, 2.45) is 10.9 Å². The minimum absolute atomic E-state index is 0.0982. The van der Waals surface area contributed by atoms with Crippen molar-refractivity contribution >= 4 is 17.6 Å². The van der Waals surface area contributed by atoms with Crippen molar-refractivity contribution in [3.63, 3.8) is 0 Å². The topological polar surface area (TPSA) is 84.4 Å². The van der Waals surface area contributed by atoms with E-state index in [2.05, 4.69) is 15.1 Å². The summed E-state index contributed by atoms with van der Waals surface area (Å²) in [6, 6.07) is 7.33. The third kappa shape index (κ3) is 2.94. The Balaban J connectivity index is 2.14. The molecule has 1 aromatic heterocycles. The van der Waals surface area contributed by atoms with Crippen molar-refractivity contribution in [1.29, 1.82) is 0 Å². The summed E-state index contributed by atoms with van der Waals surface area (Å²) in [6.45, 7) is 0. The molecule has 17 heavy (non-hydrogen) atoms. The predicted molar refractivity (Wildman–Crippen MR) is 65.1 cm³/mol. The molecule has 0 amide bonds. The Hall–Kier alpha value is -2.08. The monoisotopic (exact) mass is 246 g/mol. The second kappa shape index (κ2) is 5.31. The Bertz CT molecular complexity index is 513. The summed E-state index contributed by atoms with van der Waals surface area (Å²) in [6.07, 6.45) is 4.97. The van der Waals surface area contributed by atoms with E-state index < -0.39 is 0 Å². The zero-order chi connectivity index (χ0) is 12.1. The van der Waals surface area contributed by atoms with Crippen LogP contribution in [0.3, 0.4) is 0 Å². The zero-order valence-electron chi connectivity index (χ0n) is 8.82. The molecular formula is C11H10N4OS. The average Bonchev–Trinajstić information content (AvgIpc) is 2.40. The summed E-state index contributed by atoms with van der Waals surface area (Å²) in [4.78, 5) is 9.16. The van der Waals surface area contributed by atoms with Crippen LogP contribution in [0.5, 0.6) is 0 Å². The molecule has 0 radical (unpaired) electrons. The van der Waals surface area contributed by atoms with Crippen LogP contribution < -0.4 is 5.73 Å². The highest BCUT2D eigenvalue weighted by molar-refractivity contribution is 7.99. The number of hydrogen-bond donors (Lipinski definition) is 2. The van der Waals surface area contributed by atoms with Crippen LogP contribution in [0.2, 0.25) is 0 Å². The highest BCUT2D eigenvalue weighted by Crippen LogP contribution is 2.24. The summed E-state index contributed by atoms with van der Waals surface area (Å²) in [5.74, 6) is 0.0982. The lowest BCUT2D eigenvalue weighted by molar-refractivity contribution is 0.318. The van der Waals surface area contributed by atoms with E-state index in [1.165, 1.54) is 11.8 Å². The molecule has 3 N–H and O–H groups in total. The lowest BCUT2D eigenvalue weighted by Crippen LogP contribution is -2.12. The summed E-state index contributed by atoms with van der Waals surface area (Å²) < 4.78 is 0. The molecule has 0 saturated carbocycles. The van der Waals surface area contributed by atoms with Gasteiger partial charge >= 0.3 is 0 Å². The average molecular weight is 246 g/mol. The largest absolute Gasteiger partial charge is 0.409 e. The second-order valence-electron chi connectivity index (χ2n) is 3.16. The third-order valence-electron chi connectivity index (χ3n) is 2.02. The Morgan fingerprint density at radius 2 is 2.00 bits per heavy atom. The van der Waals surface area contributed by atoms with Gasteiger partial charge in [0.2, 0.25) is 0 Å². The lowest BCUT2D eigenvalue weighted by atomic mass is 10.2. The van der Waals surface area contributed by atoms with Crippen LogP contribution in [-0.4, -0.2) is 21.0 Å². The molecule has 5 nitrogen and oxygen atoms in total. The van der Waals surface area contributed by atoms with Crippen LogP contribution in [-0.2, 0) is 0 Å². The smallest absolute Gasteiger partial charge is 0.170 e. The number of nitrogens with zero attached hydrogens (tertiary/aromatic N) is 3. The molecule has 0 atom stereocenters. The van der Waals surface area contributed by atoms with E-state index >= 15 is 0 Å². The molecule has 1 aromatic carbocycles. The number of nitrogens with two attached hydrogens (primary N) is 1. The maximum atomic E-state index is 8.53. The van der Waals surface area contributed by atoms with E-state index in [1.54, 1.807) is 30.7 Å². The first kappa shape index (κ1) is 11.4. The molecule has 0 aliphatic carbocycles. The van der Waals surface area contributed by atoms with Crippen molar-refractivity contribution in [2.75, 3.05) is 0 Å². The fourth-order valence-electron chi connectivity index (χ4n) is 1.21. The van der Waals surface area contributed by atoms with Crippen LogP contribution in [0.4, 0.5) is 0 Å². The third-order valence-corrected chi connectivity index (χ3v) is 2.95. The van der Waals surface area contributed by atoms with Crippen LogP contribution in [0.1, 0.15) is 5.56 Å². The molecule has 0 aliphatic rings. The van der Waals surface area contributed by atoms with Crippen LogP contribution in [0.25, 0.3) is 0 Å². The Morgan fingerprint density at radius 3 is 2.59 bits per heavy atom. The van der Waals surface area contributed by atoms with Crippen LogP contribution in [0, 0.1) is 0 Å². The Morgan fingerprint density at radius 1 is 1.24 bits per heavy atom.